The molecule has 1 aliphatic carbocycles. The van der Waals surface area contributed by atoms with Gasteiger partial charge in [0.15, 0.2) is 0 Å². The Labute approximate surface area is 582 Å². The second-order valence-electron chi connectivity index (χ2n) is 23.7. The number of aliphatic carboxylic acids is 2. The van der Waals surface area contributed by atoms with Crippen LogP contribution in [0.4, 0.5) is 10.6 Å². The number of aliphatic hydroxyl groups is 2. The van der Waals surface area contributed by atoms with Gasteiger partial charge in [-0.05, 0) is 80.8 Å². The molecule has 2 aromatic carbocycles. The number of carbonyl (C=O) groups excluding carboxylic acids is 6. The summed E-state index contributed by atoms with van der Waals surface area (Å²) in [6.45, 7) is 3.36. The molecule has 6 amide bonds. The molecule has 3 aliphatic rings. The van der Waals surface area contributed by atoms with Crippen LogP contribution < -0.4 is 26.6 Å². The number of thiazole rings is 6. The summed E-state index contributed by atoms with van der Waals surface area (Å²) in [7, 11) is 0. The van der Waals surface area contributed by atoms with Crippen molar-refractivity contribution in [1.82, 2.24) is 55.7 Å². The van der Waals surface area contributed by atoms with Gasteiger partial charge in [0.25, 0.3) is 17.7 Å². The van der Waals surface area contributed by atoms with Gasteiger partial charge in [-0.1, -0.05) is 49.4 Å². The molecule has 12 rings (SSSR count). The number of primary amides is 1. The third-order valence-electron chi connectivity index (χ3n) is 17.0. The molecule has 0 spiro atoms. The second kappa shape index (κ2) is 29.8. The van der Waals surface area contributed by atoms with E-state index in [1.54, 1.807) is 84.6 Å². The lowest BCUT2D eigenvalue weighted by Crippen LogP contribution is -2.50. The van der Waals surface area contributed by atoms with Crippen LogP contribution in [0.3, 0.4) is 0 Å². The smallest absolute Gasteiger partial charge is 0.415 e. The number of pyridine rings is 1. The van der Waals surface area contributed by atoms with E-state index in [2.05, 4.69) is 25.9 Å². The van der Waals surface area contributed by atoms with E-state index < -0.39 is 108 Å². The van der Waals surface area contributed by atoms with E-state index >= 15 is 4.79 Å². The quantitative estimate of drug-likeness (QED) is 0.0432. The number of fused-ring (bicyclic) bond motifs is 16. The summed E-state index contributed by atoms with van der Waals surface area (Å²) in [6, 6.07) is 13.5. The summed E-state index contributed by atoms with van der Waals surface area (Å²) in [5, 5.41) is 71.3. The minimum atomic E-state index is -1.43. The molecule has 7 atom stereocenters. The van der Waals surface area contributed by atoms with Gasteiger partial charge in [-0.3, -0.25) is 38.5 Å². The first-order valence-corrected chi connectivity index (χ1v) is 36.2. The predicted molar refractivity (Wildman–Crippen MR) is 365 cm³/mol. The molecule has 27 nitrogen and oxygen atoms in total. The summed E-state index contributed by atoms with van der Waals surface area (Å²) in [5.41, 5.74) is 8.28. The number of aromatic nitrogens is 7. The highest BCUT2D eigenvalue weighted by Crippen LogP contribution is 2.43. The van der Waals surface area contributed by atoms with Crippen LogP contribution in [-0.4, -0.2) is 144 Å². The first kappa shape index (κ1) is 68.6. The molecule has 508 valence electrons. The number of carbonyl (C=O) groups is 8. The lowest BCUT2D eigenvalue weighted by molar-refractivity contribution is -0.143. The Kier molecular flexibility index (Phi) is 20.8. The molecule has 9 aromatic rings. The minimum absolute atomic E-state index is 0.0201. The Balaban J connectivity index is 0.929. The molecule has 1 saturated heterocycles. The molecule has 0 radical (unpaired) electrons. The average molecular weight is 1440 g/mol. The number of benzene rings is 2. The number of hydrogen-bond acceptors (Lipinski definition) is 25. The van der Waals surface area contributed by atoms with Crippen molar-refractivity contribution >= 4 is 121 Å². The fourth-order valence-corrected chi connectivity index (χ4v) is 17.1. The van der Waals surface area contributed by atoms with E-state index in [1.807, 2.05) is 0 Å². The Morgan fingerprint density at radius 3 is 2.07 bits per heavy atom. The summed E-state index contributed by atoms with van der Waals surface area (Å²) in [4.78, 5) is 146. The van der Waals surface area contributed by atoms with Crippen LogP contribution in [0, 0.1) is 18.8 Å². The van der Waals surface area contributed by atoms with Crippen LogP contribution >= 0.6 is 68.0 Å². The zero-order chi connectivity index (χ0) is 69.1. The van der Waals surface area contributed by atoms with Crippen molar-refractivity contribution in [2.75, 3.05) is 18.0 Å². The maximum Gasteiger partial charge on any atom is 0.415 e. The fourth-order valence-electron chi connectivity index (χ4n) is 11.8. The predicted octanol–water partition coefficient (Wildman–Crippen LogP) is 9.13. The number of nitrogens with two attached hydrogens (primary N) is 1. The van der Waals surface area contributed by atoms with Crippen molar-refractivity contribution < 1.29 is 68.6 Å². The number of aliphatic hydroxyl groups excluding tert-OH is 2. The highest BCUT2D eigenvalue weighted by molar-refractivity contribution is 7.15. The Morgan fingerprint density at radius 1 is 0.684 bits per heavy atom. The van der Waals surface area contributed by atoms with Crippen LogP contribution in [0.15, 0.2) is 93.6 Å². The first-order valence-electron chi connectivity index (χ1n) is 31.0. The normalized spacial score (nSPS) is 20.9. The first-order chi connectivity index (χ1) is 47.1. The van der Waals surface area contributed by atoms with Crippen molar-refractivity contribution in [3.8, 4) is 49.1 Å². The van der Waals surface area contributed by atoms with Gasteiger partial charge in [-0.25, -0.2) is 39.7 Å². The van der Waals surface area contributed by atoms with Gasteiger partial charge >= 0.3 is 18.0 Å². The minimum Gasteiger partial charge on any atom is -0.508 e. The molecular formula is C65H63N13O14S6. The Hall–Kier alpha value is -9.35. The van der Waals surface area contributed by atoms with Crippen molar-refractivity contribution in [3.63, 3.8) is 0 Å². The standard InChI is InChI=1S/C65H63N13O14S6/c1-30-45(80)24-78-52(30)62-73-44(28-96-62)59-70-41(25-94-59)50-37(19-20-38(67-50)58-74-47(29-97-58)77(21-7-6-10-48(82)83)65(91)92-36-17-13-34(14-18-36)64(89)90)57-71-42(26-93-57)54(85)68-39(23-46(66)81)60-76-49(31(2)98-60)56(87)75-51(53(84)33-8-4-3-5-9-33)61-72-43(27-95-61)55(86)69-40(63(78)88)22-32-11-15-35(79)16-12-32/h3-5,8-9,11-12,15-16,19-20,25-30,34,36,39-40,45,51-53,79-80,84H,6-7,10,13-14,17-18,21-24H2,1-2H3,(H2,66,81)(H,68,85)(H,69,86)(H,75,87)(H,82,83)(H,89,90)/t30-,34?,36?,39-,40-,45-,51-,52-,53+/m0/s1. The van der Waals surface area contributed by atoms with Crippen molar-refractivity contribution in [1.29, 1.82) is 0 Å². The van der Waals surface area contributed by atoms with E-state index in [4.69, 9.17) is 35.4 Å². The van der Waals surface area contributed by atoms with Gasteiger partial charge in [-0.2, -0.15) is 0 Å². The molecular weight excluding hydrogens is 1380 g/mol. The number of carboxylic acids is 2. The van der Waals surface area contributed by atoms with E-state index in [1.165, 1.54) is 66.7 Å². The van der Waals surface area contributed by atoms with E-state index in [-0.39, 0.29) is 71.0 Å². The van der Waals surface area contributed by atoms with Crippen LogP contribution in [0.1, 0.15) is 145 Å². The number of phenols is 1. The summed E-state index contributed by atoms with van der Waals surface area (Å²) < 4.78 is 5.93. The lowest BCUT2D eigenvalue weighted by atomic mass is 9.87. The number of ether oxygens (including phenoxy) is 1. The van der Waals surface area contributed by atoms with Gasteiger partial charge in [0, 0.05) is 69.2 Å². The van der Waals surface area contributed by atoms with Crippen LogP contribution in [0.5, 0.6) is 5.75 Å². The molecule has 7 aromatic heterocycles. The molecule has 2 fully saturated rings. The zero-order valence-electron chi connectivity index (χ0n) is 52.2. The van der Waals surface area contributed by atoms with Crippen LogP contribution in [0.2, 0.25) is 0 Å². The number of nitrogens with zero attached hydrogens (tertiary/aromatic N) is 9. The molecule has 9 heterocycles. The number of phenolic OH excluding ortho intramolecular Hbond substituents is 1. The number of unbranched alkanes of at least 4 members (excludes halogenated alkanes) is 1. The maximum absolute atomic E-state index is 15.3. The zero-order valence-corrected chi connectivity index (χ0v) is 57.1. The van der Waals surface area contributed by atoms with Crippen LogP contribution in [-0.2, 0) is 30.3 Å². The largest absolute Gasteiger partial charge is 0.508 e. The van der Waals surface area contributed by atoms with Crippen molar-refractivity contribution in [2.24, 2.45) is 17.6 Å². The topological polar surface area (TPSA) is 406 Å². The maximum atomic E-state index is 15.3. The van der Waals surface area contributed by atoms with Gasteiger partial charge in [0.2, 0.25) is 11.8 Å². The number of anilines is 1. The number of amides is 6. The number of hydrogen-bond donors (Lipinski definition) is 9. The third-order valence-corrected chi connectivity index (χ3v) is 22.5. The second-order valence-corrected chi connectivity index (χ2v) is 29.3. The lowest BCUT2D eigenvalue weighted by Gasteiger charge is -2.29. The van der Waals surface area contributed by atoms with Gasteiger partial charge in [0.1, 0.15) is 100 Å². The fraction of sp³-hybridized carbons (Fsp3) is 0.338. The summed E-state index contributed by atoms with van der Waals surface area (Å²) in [5.74, 6) is -6.41. The molecule has 10 bridgehead atoms. The van der Waals surface area contributed by atoms with Crippen molar-refractivity contribution in [2.45, 2.75) is 114 Å². The molecule has 2 aliphatic heterocycles. The van der Waals surface area contributed by atoms with E-state index in [0.717, 1.165) is 34.0 Å². The molecule has 0 unspecified atom stereocenters. The number of nitrogens with one attached hydrogen (secondary N) is 3. The Morgan fingerprint density at radius 2 is 1.34 bits per heavy atom. The molecule has 33 heteroatoms. The van der Waals surface area contributed by atoms with Crippen molar-refractivity contribution in [3.05, 3.63) is 142 Å². The van der Waals surface area contributed by atoms with Crippen LogP contribution in [0.25, 0.3) is 43.4 Å². The average Bonchev–Trinajstić information content (AvgIpc) is 1.61. The number of aryl methyl sites for hydroxylation is 1. The van der Waals surface area contributed by atoms with E-state index in [0.29, 0.717) is 96.5 Å². The summed E-state index contributed by atoms with van der Waals surface area (Å²) >= 11 is 6.76. The van der Waals surface area contributed by atoms with Gasteiger partial charge in [0.05, 0.1) is 36.2 Å². The number of rotatable bonds is 15. The third kappa shape index (κ3) is 15.3. The number of aromatic hydroxyl groups is 1. The molecule has 1 saturated carbocycles. The molecule has 98 heavy (non-hydrogen) atoms. The highest BCUT2D eigenvalue weighted by atomic mass is 32.1. The summed E-state index contributed by atoms with van der Waals surface area (Å²) in [6.07, 6.45) is -2.39. The highest BCUT2D eigenvalue weighted by Gasteiger charge is 2.46. The number of carboxylic acid groups (broad SMARTS) is 2. The van der Waals surface area contributed by atoms with Gasteiger partial charge in [-0.15, -0.1) is 68.0 Å². The van der Waals surface area contributed by atoms with E-state index in [9.17, 15) is 59.1 Å². The monoisotopic (exact) mass is 1440 g/mol. The van der Waals surface area contributed by atoms with Gasteiger partial charge < -0.3 is 56.9 Å². The Bertz CT molecular complexity index is 4470. The molecule has 10 N–H and O–H groups in total. The SMILES string of the molecule is Cc1sc2nc1C(=O)N[C@@H]([C@H](O)c1ccccc1)c1nc(cs1)C(=O)N[C@@H](Cc1ccc(O)cc1)C(=O)N1C[C@H](O)[C@H](C)[C@H]1c1nc(cs1)-c1nc(cs1)-c1nc(-c3nc(N(CCCCC(=O)O)C(=O)OC4CCC(C(=O)O)CC4)cs3)ccc1-c1nc(cs1)C(=O)N[C@H]2CC(N)=O.